The molecule has 7 heteroatoms. The number of nitrogens with one attached hydrogen (secondary N) is 1. The van der Waals surface area contributed by atoms with E-state index in [-0.39, 0.29) is 22.1 Å². The van der Waals surface area contributed by atoms with Crippen molar-refractivity contribution in [2.75, 3.05) is 5.32 Å². The molecule has 1 amide bonds. The molecule has 1 aromatic carbocycles. The van der Waals surface area contributed by atoms with Crippen molar-refractivity contribution in [3.63, 3.8) is 0 Å². The van der Waals surface area contributed by atoms with Crippen molar-refractivity contribution in [1.29, 1.82) is 5.26 Å². The van der Waals surface area contributed by atoms with Gasteiger partial charge in [0.15, 0.2) is 0 Å². The zero-order valence-electron chi connectivity index (χ0n) is 14.9. The Morgan fingerprint density at radius 1 is 1.22 bits per heavy atom. The molecule has 4 aliphatic rings. The number of rotatable bonds is 3. The number of anilines is 1. The van der Waals surface area contributed by atoms with Crippen LogP contribution < -0.4 is 5.32 Å². The summed E-state index contributed by atoms with van der Waals surface area (Å²) in [5.74, 6) is 1.18. The Hall–Kier alpha value is -2.39. The molecular formula is C20H20ClN5O. The molecular weight excluding hydrogens is 362 g/mol. The number of nitriles is 1. The van der Waals surface area contributed by atoms with E-state index in [9.17, 15) is 4.79 Å². The highest BCUT2D eigenvalue weighted by atomic mass is 35.5. The van der Waals surface area contributed by atoms with Crippen molar-refractivity contribution in [3.8, 4) is 6.07 Å². The lowest BCUT2D eigenvalue weighted by atomic mass is 9.46. The van der Waals surface area contributed by atoms with Crippen LogP contribution in [-0.4, -0.2) is 20.7 Å². The van der Waals surface area contributed by atoms with Gasteiger partial charge in [-0.05, 0) is 86.2 Å². The lowest BCUT2D eigenvalue weighted by molar-refractivity contribution is -0.150. The Kier molecular flexibility index (Phi) is 3.60. The molecule has 27 heavy (non-hydrogen) atoms. The van der Waals surface area contributed by atoms with Crippen LogP contribution in [0.25, 0.3) is 0 Å². The zero-order valence-corrected chi connectivity index (χ0v) is 15.6. The maximum absolute atomic E-state index is 13.4. The molecule has 4 fully saturated rings. The van der Waals surface area contributed by atoms with Gasteiger partial charge in [0.05, 0.1) is 22.6 Å². The monoisotopic (exact) mass is 381 g/mol. The van der Waals surface area contributed by atoms with Crippen LogP contribution in [0, 0.1) is 28.6 Å². The molecule has 0 saturated heterocycles. The first-order chi connectivity index (χ1) is 13.0. The first-order valence-electron chi connectivity index (χ1n) is 9.40. The van der Waals surface area contributed by atoms with Gasteiger partial charge in [-0.1, -0.05) is 0 Å². The second-order valence-electron chi connectivity index (χ2n) is 8.57. The SMILES string of the molecule is N#Cc1ccc(NC(=O)C23CC4CC(C2)CC(n2cnc(Cl)n2)(C4)C3)cc1. The predicted octanol–water partition coefficient (Wildman–Crippen LogP) is 3.74. The molecule has 1 N–H and O–H groups in total. The number of hydrogen-bond acceptors (Lipinski definition) is 4. The topological polar surface area (TPSA) is 83.6 Å². The van der Waals surface area contributed by atoms with Crippen LogP contribution in [0.3, 0.4) is 0 Å². The largest absolute Gasteiger partial charge is 0.326 e. The first kappa shape index (κ1) is 16.8. The van der Waals surface area contributed by atoms with Crippen LogP contribution in [0.2, 0.25) is 5.28 Å². The third-order valence-corrected chi connectivity index (χ3v) is 6.91. The number of benzene rings is 1. The van der Waals surface area contributed by atoms with Crippen LogP contribution in [0.1, 0.15) is 44.1 Å². The van der Waals surface area contributed by atoms with Gasteiger partial charge in [0.2, 0.25) is 11.2 Å². The Morgan fingerprint density at radius 3 is 2.52 bits per heavy atom. The van der Waals surface area contributed by atoms with E-state index >= 15 is 0 Å². The lowest BCUT2D eigenvalue weighted by Gasteiger charge is -2.60. The van der Waals surface area contributed by atoms with Crippen molar-refractivity contribution >= 4 is 23.2 Å². The summed E-state index contributed by atoms with van der Waals surface area (Å²) in [6.45, 7) is 0. The Bertz CT molecular complexity index is 930. The molecule has 0 spiro atoms. The molecule has 6 nitrogen and oxygen atoms in total. The van der Waals surface area contributed by atoms with Crippen LogP contribution in [-0.2, 0) is 10.3 Å². The molecule has 2 atom stereocenters. The average Bonchev–Trinajstić information content (AvgIpc) is 3.09. The molecule has 6 rings (SSSR count). The van der Waals surface area contributed by atoms with E-state index in [1.54, 1.807) is 30.6 Å². The standard InChI is InChI=1S/C20H20ClN5O/c21-18-23-12-26(25-18)20-8-14-5-15(9-20)7-19(6-14,11-20)17(27)24-16-3-1-13(10-22)2-4-16/h1-4,12,14-15H,5-9,11H2,(H,24,27). The fourth-order valence-corrected chi connectivity index (χ4v) is 6.24. The average molecular weight is 382 g/mol. The van der Waals surface area contributed by atoms with Gasteiger partial charge >= 0.3 is 0 Å². The van der Waals surface area contributed by atoms with Gasteiger partial charge in [0.25, 0.3) is 0 Å². The van der Waals surface area contributed by atoms with Gasteiger partial charge in [0.1, 0.15) is 6.33 Å². The van der Waals surface area contributed by atoms with Gasteiger partial charge in [-0.3, -0.25) is 4.79 Å². The highest BCUT2D eigenvalue weighted by Gasteiger charge is 2.61. The van der Waals surface area contributed by atoms with E-state index in [1.165, 1.54) is 6.42 Å². The summed E-state index contributed by atoms with van der Waals surface area (Å²) < 4.78 is 1.93. The fourth-order valence-electron chi connectivity index (χ4n) is 6.11. The number of carbonyl (C=O) groups is 1. The maximum atomic E-state index is 13.4. The molecule has 2 unspecified atom stereocenters. The second-order valence-corrected chi connectivity index (χ2v) is 8.91. The minimum absolute atomic E-state index is 0.0943. The molecule has 4 bridgehead atoms. The van der Waals surface area contributed by atoms with Crippen molar-refractivity contribution in [3.05, 3.63) is 41.4 Å². The smallest absolute Gasteiger partial charge is 0.242 e. The third kappa shape index (κ3) is 2.64. The van der Waals surface area contributed by atoms with E-state index in [0.29, 0.717) is 17.4 Å². The van der Waals surface area contributed by atoms with Crippen LogP contribution in [0.4, 0.5) is 5.69 Å². The van der Waals surface area contributed by atoms with Crippen LogP contribution >= 0.6 is 11.6 Å². The Labute approximate surface area is 162 Å². The summed E-state index contributed by atoms with van der Waals surface area (Å²) in [6, 6.07) is 9.15. The van der Waals surface area contributed by atoms with Gasteiger partial charge in [0, 0.05) is 5.69 Å². The van der Waals surface area contributed by atoms with Crippen LogP contribution in [0.15, 0.2) is 30.6 Å². The third-order valence-electron chi connectivity index (χ3n) is 6.73. The minimum atomic E-state index is -0.365. The molecule has 0 radical (unpaired) electrons. The number of nitrogens with zero attached hydrogens (tertiary/aromatic N) is 4. The second kappa shape index (κ2) is 5.80. The zero-order chi connectivity index (χ0) is 18.6. The van der Waals surface area contributed by atoms with Crippen molar-refractivity contribution in [1.82, 2.24) is 14.8 Å². The summed E-state index contributed by atoms with van der Waals surface area (Å²) in [7, 11) is 0. The summed E-state index contributed by atoms with van der Waals surface area (Å²) in [6.07, 6.45) is 7.70. The quantitative estimate of drug-likeness (QED) is 0.877. The van der Waals surface area contributed by atoms with E-state index in [1.807, 2.05) is 4.68 Å². The summed E-state index contributed by atoms with van der Waals surface area (Å²) >= 11 is 5.98. The van der Waals surface area contributed by atoms with Crippen molar-refractivity contribution in [2.24, 2.45) is 17.3 Å². The Balaban J connectivity index is 1.44. The van der Waals surface area contributed by atoms with E-state index in [2.05, 4.69) is 21.5 Å². The number of amides is 1. The summed E-state index contributed by atoms with van der Waals surface area (Å²) in [5, 5.41) is 16.7. The summed E-state index contributed by atoms with van der Waals surface area (Å²) in [5.41, 5.74) is 0.820. The maximum Gasteiger partial charge on any atom is 0.242 e. The number of aromatic nitrogens is 3. The first-order valence-corrected chi connectivity index (χ1v) is 9.77. The number of hydrogen-bond donors (Lipinski definition) is 1. The molecule has 2 aromatic rings. The Morgan fingerprint density at radius 2 is 1.93 bits per heavy atom. The minimum Gasteiger partial charge on any atom is -0.326 e. The van der Waals surface area contributed by atoms with Crippen molar-refractivity contribution in [2.45, 2.75) is 44.1 Å². The normalized spacial score (nSPS) is 33.6. The van der Waals surface area contributed by atoms with Crippen molar-refractivity contribution < 1.29 is 4.79 Å². The lowest BCUT2D eigenvalue weighted by Crippen LogP contribution is -2.60. The van der Waals surface area contributed by atoms with Crippen LogP contribution in [0.5, 0.6) is 0 Å². The van der Waals surface area contributed by atoms with Gasteiger partial charge in [-0.25, -0.2) is 9.67 Å². The van der Waals surface area contributed by atoms with Gasteiger partial charge < -0.3 is 5.32 Å². The molecule has 0 aliphatic heterocycles. The van der Waals surface area contributed by atoms with E-state index < -0.39 is 0 Å². The van der Waals surface area contributed by atoms with Gasteiger partial charge in [-0.2, -0.15) is 5.26 Å². The highest BCUT2D eigenvalue weighted by molar-refractivity contribution is 6.28. The highest BCUT2D eigenvalue weighted by Crippen LogP contribution is 2.64. The van der Waals surface area contributed by atoms with E-state index in [0.717, 1.165) is 37.8 Å². The molecule has 1 aromatic heterocycles. The van der Waals surface area contributed by atoms with E-state index in [4.69, 9.17) is 16.9 Å². The number of halogens is 1. The number of carbonyl (C=O) groups excluding carboxylic acids is 1. The molecule has 138 valence electrons. The predicted molar refractivity (Wildman–Crippen MR) is 99.9 cm³/mol. The summed E-state index contributed by atoms with van der Waals surface area (Å²) in [4.78, 5) is 17.5. The molecule has 4 aliphatic carbocycles. The van der Waals surface area contributed by atoms with Gasteiger partial charge in [-0.15, -0.1) is 5.10 Å². The molecule has 4 saturated carbocycles. The molecule has 1 heterocycles. The fraction of sp³-hybridized carbons (Fsp3) is 0.500.